The monoisotopic (exact) mass is 284 g/mol. The Kier molecular flexibility index (Phi) is 4.97. The first-order chi connectivity index (χ1) is 10.1. The highest BCUT2D eigenvalue weighted by Gasteiger charge is 2.11. The molecule has 21 heavy (non-hydrogen) atoms. The summed E-state index contributed by atoms with van der Waals surface area (Å²) in [5.74, 6) is 0. The highest BCUT2D eigenvalue weighted by Crippen LogP contribution is 2.24. The molecule has 112 valence electrons. The molecule has 1 heterocycles. The van der Waals surface area contributed by atoms with Gasteiger partial charge in [0.25, 0.3) is 5.56 Å². The number of pyridine rings is 1. The molecule has 0 aliphatic carbocycles. The molecule has 2 rings (SSSR count). The molecule has 0 amide bonds. The molecule has 0 saturated heterocycles. The Hall–Kier alpha value is -1.87. The Morgan fingerprint density at radius 1 is 1.10 bits per heavy atom. The van der Waals surface area contributed by atoms with E-state index in [-0.39, 0.29) is 5.56 Å². The molecule has 0 saturated carbocycles. The van der Waals surface area contributed by atoms with Crippen LogP contribution in [-0.2, 0) is 13.1 Å². The summed E-state index contributed by atoms with van der Waals surface area (Å²) < 4.78 is 1.87. The zero-order chi connectivity index (χ0) is 15.4. The smallest absolute Gasteiger partial charge is 0.255 e. The second kappa shape index (κ2) is 6.72. The molecule has 1 aromatic heterocycles. The topological polar surface area (TPSA) is 34.0 Å². The lowest BCUT2D eigenvalue weighted by Crippen LogP contribution is -2.27. The molecule has 1 aromatic carbocycles. The molecule has 0 unspecified atom stereocenters. The number of nitrogens with zero attached hydrogens (tertiary/aromatic N) is 1. The van der Waals surface area contributed by atoms with Gasteiger partial charge < -0.3 is 9.88 Å². The van der Waals surface area contributed by atoms with Crippen LogP contribution in [0, 0.1) is 13.8 Å². The van der Waals surface area contributed by atoms with E-state index in [1.165, 1.54) is 11.1 Å². The van der Waals surface area contributed by atoms with Gasteiger partial charge >= 0.3 is 0 Å². The average molecular weight is 284 g/mol. The number of rotatable bonds is 5. The minimum absolute atomic E-state index is 0.108. The van der Waals surface area contributed by atoms with E-state index in [4.69, 9.17) is 0 Å². The normalized spacial score (nSPS) is 10.9. The van der Waals surface area contributed by atoms with Crippen molar-refractivity contribution in [3.8, 4) is 11.3 Å². The molecule has 1 N–H and O–H groups in total. The van der Waals surface area contributed by atoms with Gasteiger partial charge in [-0.1, -0.05) is 30.7 Å². The van der Waals surface area contributed by atoms with E-state index >= 15 is 0 Å². The third-order valence-electron chi connectivity index (χ3n) is 3.80. The molecule has 0 fully saturated rings. The summed E-state index contributed by atoms with van der Waals surface area (Å²) in [6.45, 7) is 10.4. The summed E-state index contributed by atoms with van der Waals surface area (Å²) >= 11 is 0. The third-order valence-corrected chi connectivity index (χ3v) is 3.80. The first-order valence-electron chi connectivity index (χ1n) is 7.59. The van der Waals surface area contributed by atoms with Crippen molar-refractivity contribution in [3.05, 3.63) is 57.4 Å². The van der Waals surface area contributed by atoms with Crippen LogP contribution in [-0.4, -0.2) is 11.1 Å². The minimum Gasteiger partial charge on any atom is -0.313 e. The summed E-state index contributed by atoms with van der Waals surface area (Å²) in [5, 5.41) is 3.22. The van der Waals surface area contributed by atoms with Crippen molar-refractivity contribution >= 4 is 0 Å². The highest BCUT2D eigenvalue weighted by molar-refractivity contribution is 5.65. The largest absolute Gasteiger partial charge is 0.313 e. The summed E-state index contributed by atoms with van der Waals surface area (Å²) in [6.07, 6.45) is 0. The van der Waals surface area contributed by atoms with Gasteiger partial charge in [0.2, 0.25) is 0 Å². The van der Waals surface area contributed by atoms with Crippen LogP contribution in [0.3, 0.4) is 0 Å². The highest BCUT2D eigenvalue weighted by atomic mass is 16.1. The quantitative estimate of drug-likeness (QED) is 0.914. The van der Waals surface area contributed by atoms with Crippen LogP contribution in [0.4, 0.5) is 0 Å². The van der Waals surface area contributed by atoms with Gasteiger partial charge in [-0.15, -0.1) is 0 Å². The lowest BCUT2D eigenvalue weighted by molar-refractivity contribution is 0.682. The van der Waals surface area contributed by atoms with Crippen molar-refractivity contribution in [1.82, 2.24) is 9.88 Å². The van der Waals surface area contributed by atoms with E-state index < -0.39 is 0 Å². The van der Waals surface area contributed by atoms with Crippen molar-refractivity contribution in [1.29, 1.82) is 0 Å². The van der Waals surface area contributed by atoms with Gasteiger partial charge in [0.05, 0.1) is 5.69 Å². The van der Waals surface area contributed by atoms with Gasteiger partial charge in [-0.25, -0.2) is 0 Å². The van der Waals surface area contributed by atoms with Crippen LogP contribution in [0.2, 0.25) is 0 Å². The molecule has 0 aliphatic rings. The molecule has 0 bridgehead atoms. The third kappa shape index (κ3) is 3.24. The van der Waals surface area contributed by atoms with E-state index in [1.54, 1.807) is 0 Å². The zero-order valence-corrected chi connectivity index (χ0v) is 13.4. The van der Waals surface area contributed by atoms with Crippen LogP contribution in [0.15, 0.2) is 35.1 Å². The summed E-state index contributed by atoms with van der Waals surface area (Å²) in [4.78, 5) is 12.6. The van der Waals surface area contributed by atoms with Crippen molar-refractivity contribution in [3.63, 3.8) is 0 Å². The predicted molar refractivity (Wildman–Crippen MR) is 88.7 cm³/mol. The summed E-state index contributed by atoms with van der Waals surface area (Å²) in [6, 6.07) is 10.4. The van der Waals surface area contributed by atoms with Gasteiger partial charge in [-0.2, -0.15) is 0 Å². The zero-order valence-electron chi connectivity index (χ0n) is 13.4. The lowest BCUT2D eigenvalue weighted by atomic mass is 10.0. The predicted octanol–water partition coefficient (Wildman–Crippen LogP) is 3.26. The van der Waals surface area contributed by atoms with E-state index in [1.807, 2.05) is 24.5 Å². The van der Waals surface area contributed by atoms with Crippen LogP contribution < -0.4 is 10.9 Å². The fourth-order valence-corrected chi connectivity index (χ4v) is 2.58. The van der Waals surface area contributed by atoms with Crippen molar-refractivity contribution < 1.29 is 0 Å². The molecule has 0 spiro atoms. The van der Waals surface area contributed by atoms with E-state index in [9.17, 15) is 4.79 Å². The number of aryl methyl sites for hydroxylation is 2. The van der Waals surface area contributed by atoms with Gasteiger partial charge in [0, 0.05) is 24.2 Å². The molecule has 0 atom stereocenters. The Labute approximate surface area is 126 Å². The maximum absolute atomic E-state index is 12.6. The second-order valence-corrected chi connectivity index (χ2v) is 5.39. The van der Waals surface area contributed by atoms with E-state index in [0.29, 0.717) is 13.1 Å². The molecular formula is C18H24N2O. The number of benzene rings is 1. The SMILES string of the molecule is CCNCc1ccc(-c2cc(C)ccc2C)n(CC)c1=O. The second-order valence-electron chi connectivity index (χ2n) is 5.39. The van der Waals surface area contributed by atoms with Crippen LogP contribution in [0.1, 0.15) is 30.5 Å². The average Bonchev–Trinajstić information content (AvgIpc) is 2.48. The molecular weight excluding hydrogens is 260 g/mol. The molecule has 0 radical (unpaired) electrons. The van der Waals surface area contributed by atoms with E-state index in [0.717, 1.165) is 23.4 Å². The first-order valence-corrected chi connectivity index (χ1v) is 7.59. The Morgan fingerprint density at radius 3 is 2.52 bits per heavy atom. The minimum atomic E-state index is 0.108. The van der Waals surface area contributed by atoms with Gasteiger partial charge in [0.15, 0.2) is 0 Å². The maximum Gasteiger partial charge on any atom is 0.255 e. The van der Waals surface area contributed by atoms with E-state index in [2.05, 4.69) is 43.4 Å². The van der Waals surface area contributed by atoms with Crippen LogP contribution >= 0.6 is 0 Å². The lowest BCUT2D eigenvalue weighted by Gasteiger charge is -2.15. The number of hydrogen-bond donors (Lipinski definition) is 1. The number of hydrogen-bond acceptors (Lipinski definition) is 2. The number of nitrogens with one attached hydrogen (secondary N) is 1. The number of aromatic nitrogens is 1. The fourth-order valence-electron chi connectivity index (χ4n) is 2.58. The standard InChI is InChI=1S/C18H24N2O/c1-5-19-12-15-9-10-17(20(6-2)18(15)21)16-11-13(3)7-8-14(16)4/h7-11,19H,5-6,12H2,1-4H3. The molecule has 3 nitrogen and oxygen atoms in total. The van der Waals surface area contributed by atoms with Crippen LogP contribution in [0.5, 0.6) is 0 Å². The molecule has 2 aromatic rings. The van der Waals surface area contributed by atoms with Gasteiger partial charge in [-0.3, -0.25) is 4.79 Å². The first kappa shape index (κ1) is 15.5. The van der Waals surface area contributed by atoms with Gasteiger partial charge in [-0.05, 0) is 45.0 Å². The van der Waals surface area contributed by atoms with Crippen molar-refractivity contribution in [2.45, 2.75) is 40.8 Å². The van der Waals surface area contributed by atoms with Crippen LogP contribution in [0.25, 0.3) is 11.3 Å². The van der Waals surface area contributed by atoms with Gasteiger partial charge in [0.1, 0.15) is 0 Å². The maximum atomic E-state index is 12.6. The Balaban J connectivity index is 2.57. The summed E-state index contributed by atoms with van der Waals surface area (Å²) in [5.41, 5.74) is 5.49. The fraction of sp³-hybridized carbons (Fsp3) is 0.389. The molecule has 0 aliphatic heterocycles. The molecule has 3 heteroatoms. The summed E-state index contributed by atoms with van der Waals surface area (Å²) in [7, 11) is 0. The Morgan fingerprint density at radius 2 is 1.86 bits per heavy atom. The Bertz CT molecular complexity index is 686. The van der Waals surface area contributed by atoms with Crippen molar-refractivity contribution in [2.75, 3.05) is 6.54 Å². The van der Waals surface area contributed by atoms with Crippen molar-refractivity contribution in [2.24, 2.45) is 0 Å².